The maximum absolute atomic E-state index is 12.4. The Balaban J connectivity index is 1.71. The van der Waals surface area contributed by atoms with Crippen molar-refractivity contribution < 1.29 is 22.7 Å². The predicted octanol–water partition coefficient (Wildman–Crippen LogP) is 3.93. The number of thiazole rings is 1. The highest BCUT2D eigenvalue weighted by molar-refractivity contribution is 7.13. The lowest BCUT2D eigenvalue weighted by molar-refractivity contribution is -0.274. The van der Waals surface area contributed by atoms with Crippen LogP contribution in [-0.4, -0.2) is 26.8 Å². The van der Waals surface area contributed by atoms with Gasteiger partial charge in [-0.3, -0.25) is 19.5 Å². The highest BCUT2D eigenvalue weighted by Crippen LogP contribution is 2.25. The van der Waals surface area contributed by atoms with E-state index < -0.39 is 23.6 Å². The number of aromatic nitrogens is 3. The molecule has 29 heavy (non-hydrogen) atoms. The van der Waals surface area contributed by atoms with E-state index in [1.54, 1.807) is 23.7 Å². The molecule has 1 amide bonds. The molecule has 1 aromatic carbocycles. The number of H-pyrrole nitrogens is 1. The molecule has 148 valence electrons. The molecule has 0 saturated carbocycles. The van der Waals surface area contributed by atoms with E-state index in [2.05, 4.69) is 20.0 Å². The van der Waals surface area contributed by atoms with E-state index in [4.69, 9.17) is 0 Å². The lowest BCUT2D eigenvalue weighted by Crippen LogP contribution is -2.19. The number of ether oxygens (including phenoxy) is 1. The number of aromatic amines is 1. The molecular formula is C18H11F3N4O3S. The highest BCUT2D eigenvalue weighted by Gasteiger charge is 2.31. The van der Waals surface area contributed by atoms with Crippen LogP contribution < -0.4 is 15.6 Å². The molecule has 0 aliphatic heterocycles. The van der Waals surface area contributed by atoms with Crippen LogP contribution in [0, 0.1) is 0 Å². The summed E-state index contributed by atoms with van der Waals surface area (Å²) in [5.74, 6) is -0.847. The van der Waals surface area contributed by atoms with Crippen LogP contribution in [0.3, 0.4) is 0 Å². The van der Waals surface area contributed by atoms with Gasteiger partial charge in [-0.25, -0.2) is 4.98 Å². The summed E-state index contributed by atoms with van der Waals surface area (Å²) in [4.78, 5) is 31.7. The molecule has 7 nitrogen and oxygen atoms in total. The monoisotopic (exact) mass is 420 g/mol. The smallest absolute Gasteiger partial charge is 0.406 e. The lowest BCUT2D eigenvalue weighted by Gasteiger charge is -2.11. The number of halogens is 3. The zero-order valence-electron chi connectivity index (χ0n) is 14.4. The van der Waals surface area contributed by atoms with Crippen LogP contribution in [0.2, 0.25) is 0 Å². The summed E-state index contributed by atoms with van der Waals surface area (Å²) in [5, 5.41) is 5.34. The van der Waals surface area contributed by atoms with E-state index in [-0.39, 0.29) is 5.69 Å². The van der Waals surface area contributed by atoms with Crippen LogP contribution in [0.15, 0.2) is 58.8 Å². The number of benzene rings is 1. The van der Waals surface area contributed by atoms with Gasteiger partial charge in [-0.1, -0.05) is 0 Å². The number of nitrogens with one attached hydrogen (secondary N) is 2. The fraction of sp³-hybridized carbons (Fsp3) is 0.0556. The standard InChI is InChI=1S/C18H11F3N4O3S/c19-18(20,21)28-12-4-2-11(3-5-12)25-14(26)6-1-10-9-13(23-15(10)25)16(27)24-17-22-7-8-29-17/h1-9,23H,(H,22,24,27). The van der Waals surface area contributed by atoms with Crippen molar-refractivity contribution in [3.05, 3.63) is 70.1 Å². The molecule has 0 bridgehead atoms. The van der Waals surface area contributed by atoms with E-state index in [0.29, 0.717) is 21.9 Å². The van der Waals surface area contributed by atoms with Gasteiger partial charge in [-0.2, -0.15) is 0 Å². The predicted molar refractivity (Wildman–Crippen MR) is 101 cm³/mol. The number of nitrogens with zero attached hydrogens (tertiary/aromatic N) is 2. The van der Waals surface area contributed by atoms with Crippen LogP contribution in [0.1, 0.15) is 10.5 Å². The average molecular weight is 420 g/mol. The highest BCUT2D eigenvalue weighted by atomic mass is 32.1. The molecule has 0 atom stereocenters. The summed E-state index contributed by atoms with van der Waals surface area (Å²) in [6.45, 7) is 0. The minimum atomic E-state index is -4.81. The fourth-order valence-electron chi connectivity index (χ4n) is 2.74. The topological polar surface area (TPSA) is 89.0 Å². The second kappa shape index (κ2) is 7.09. The first-order valence-electron chi connectivity index (χ1n) is 8.12. The Bertz CT molecular complexity index is 1230. The van der Waals surface area contributed by atoms with Crippen LogP contribution in [0.5, 0.6) is 5.75 Å². The molecule has 0 unspecified atom stereocenters. The average Bonchev–Trinajstić information content (AvgIpc) is 3.31. The molecule has 0 aliphatic rings. The molecule has 0 saturated heterocycles. The molecule has 0 radical (unpaired) electrons. The molecule has 3 aromatic heterocycles. The van der Waals surface area contributed by atoms with Gasteiger partial charge < -0.3 is 9.72 Å². The van der Waals surface area contributed by atoms with Gasteiger partial charge in [-0.15, -0.1) is 24.5 Å². The normalized spacial score (nSPS) is 11.6. The van der Waals surface area contributed by atoms with Crippen LogP contribution in [0.4, 0.5) is 18.3 Å². The number of carbonyl (C=O) groups is 1. The molecule has 4 rings (SSSR count). The summed E-state index contributed by atoms with van der Waals surface area (Å²) in [6, 6.07) is 9.26. The Morgan fingerprint density at radius 2 is 1.93 bits per heavy atom. The number of hydrogen-bond donors (Lipinski definition) is 2. The Kier molecular flexibility index (Phi) is 4.59. The van der Waals surface area contributed by atoms with Gasteiger partial charge in [0.25, 0.3) is 11.5 Å². The van der Waals surface area contributed by atoms with Gasteiger partial charge in [0.2, 0.25) is 0 Å². The van der Waals surface area contributed by atoms with Crippen molar-refractivity contribution in [3.8, 4) is 11.4 Å². The van der Waals surface area contributed by atoms with Gasteiger partial charge in [0.15, 0.2) is 5.13 Å². The number of rotatable bonds is 4. The number of anilines is 1. The summed E-state index contributed by atoms with van der Waals surface area (Å²) < 4.78 is 42.1. The van der Waals surface area contributed by atoms with Gasteiger partial charge in [-0.05, 0) is 36.4 Å². The van der Waals surface area contributed by atoms with E-state index >= 15 is 0 Å². The largest absolute Gasteiger partial charge is 0.573 e. The summed E-state index contributed by atoms with van der Waals surface area (Å²) in [5.41, 5.74) is 0.414. The van der Waals surface area contributed by atoms with Crippen LogP contribution >= 0.6 is 11.3 Å². The van der Waals surface area contributed by atoms with Crippen LogP contribution in [-0.2, 0) is 0 Å². The minimum Gasteiger partial charge on any atom is -0.406 e. The van der Waals surface area contributed by atoms with Crippen molar-refractivity contribution in [1.82, 2.24) is 14.5 Å². The number of alkyl halides is 3. The number of hydrogen-bond acceptors (Lipinski definition) is 5. The van der Waals surface area contributed by atoms with Crippen molar-refractivity contribution in [3.63, 3.8) is 0 Å². The number of fused-ring (bicyclic) bond motifs is 1. The third-order valence-corrected chi connectivity index (χ3v) is 4.59. The fourth-order valence-corrected chi connectivity index (χ4v) is 3.27. The van der Waals surface area contributed by atoms with Crippen molar-refractivity contribution in [1.29, 1.82) is 0 Å². The molecule has 0 fully saturated rings. The van der Waals surface area contributed by atoms with Gasteiger partial charge in [0, 0.05) is 23.0 Å². The van der Waals surface area contributed by atoms with Crippen LogP contribution in [0.25, 0.3) is 16.7 Å². The first-order chi connectivity index (χ1) is 13.8. The maximum Gasteiger partial charge on any atom is 0.573 e. The van der Waals surface area contributed by atoms with E-state index in [1.165, 1.54) is 34.1 Å². The van der Waals surface area contributed by atoms with E-state index in [1.807, 2.05) is 0 Å². The molecule has 2 N–H and O–H groups in total. The molecular weight excluding hydrogens is 409 g/mol. The number of carbonyl (C=O) groups excluding carboxylic acids is 1. The molecule has 4 aromatic rings. The van der Waals surface area contributed by atoms with Gasteiger partial charge in [0.1, 0.15) is 17.1 Å². The number of pyridine rings is 1. The quantitative estimate of drug-likeness (QED) is 0.524. The summed E-state index contributed by atoms with van der Waals surface area (Å²) >= 11 is 1.26. The Morgan fingerprint density at radius 1 is 1.17 bits per heavy atom. The zero-order chi connectivity index (χ0) is 20.6. The molecule has 3 heterocycles. The molecule has 11 heteroatoms. The number of amides is 1. The third-order valence-electron chi connectivity index (χ3n) is 3.90. The third kappa shape index (κ3) is 3.99. The van der Waals surface area contributed by atoms with E-state index in [0.717, 1.165) is 12.1 Å². The second-order valence-corrected chi connectivity index (χ2v) is 6.72. The van der Waals surface area contributed by atoms with Crippen molar-refractivity contribution in [2.75, 3.05) is 5.32 Å². The Morgan fingerprint density at radius 3 is 2.59 bits per heavy atom. The SMILES string of the molecule is O=C(Nc1nccs1)c1cc2ccc(=O)n(-c3ccc(OC(F)(F)F)cc3)c2[nH]1. The van der Waals surface area contributed by atoms with Crippen molar-refractivity contribution in [2.24, 2.45) is 0 Å². The van der Waals surface area contributed by atoms with Crippen molar-refractivity contribution >= 4 is 33.4 Å². The van der Waals surface area contributed by atoms with Crippen molar-refractivity contribution in [2.45, 2.75) is 6.36 Å². The van der Waals surface area contributed by atoms with Gasteiger partial charge in [0.05, 0.1) is 5.69 Å². The molecule has 0 aliphatic carbocycles. The summed E-state index contributed by atoms with van der Waals surface area (Å²) in [7, 11) is 0. The maximum atomic E-state index is 12.4. The van der Waals surface area contributed by atoms with E-state index in [9.17, 15) is 22.8 Å². The first-order valence-corrected chi connectivity index (χ1v) is 9.00. The van der Waals surface area contributed by atoms with Gasteiger partial charge >= 0.3 is 6.36 Å². The first kappa shape index (κ1) is 18.7. The minimum absolute atomic E-state index is 0.201. The Labute approximate surface area is 164 Å². The lowest BCUT2D eigenvalue weighted by atomic mass is 10.2. The Hall–Kier alpha value is -3.60. The second-order valence-electron chi connectivity index (χ2n) is 5.83. The molecule has 0 spiro atoms. The zero-order valence-corrected chi connectivity index (χ0v) is 15.2. The summed E-state index contributed by atoms with van der Waals surface area (Å²) in [6.07, 6.45) is -3.26.